The van der Waals surface area contributed by atoms with Crippen LogP contribution in [0.5, 0.6) is 0 Å². The first kappa shape index (κ1) is 22.7. The second-order valence-electron chi connectivity index (χ2n) is 8.42. The Bertz CT molecular complexity index is 1290. The molecule has 164 valence electrons. The lowest BCUT2D eigenvalue weighted by Gasteiger charge is -2.32. The second kappa shape index (κ2) is 8.28. The fourth-order valence-electron chi connectivity index (χ4n) is 3.55. The third-order valence-electron chi connectivity index (χ3n) is 5.26. The summed E-state index contributed by atoms with van der Waals surface area (Å²) >= 11 is 5.81. The number of pyridine rings is 2. The van der Waals surface area contributed by atoms with Gasteiger partial charge in [0.2, 0.25) is 5.43 Å². The first-order valence-electron chi connectivity index (χ1n) is 9.53. The Kier molecular flexibility index (Phi) is 6.07. The van der Waals surface area contributed by atoms with Crippen LogP contribution in [0.1, 0.15) is 48.3 Å². The molecular formula is C22H22ClFN2O5. The van der Waals surface area contributed by atoms with Gasteiger partial charge in [0, 0.05) is 18.2 Å². The van der Waals surface area contributed by atoms with Gasteiger partial charge in [-0.1, -0.05) is 44.5 Å². The van der Waals surface area contributed by atoms with Gasteiger partial charge in [-0.2, -0.15) is 0 Å². The number of halogens is 2. The molecule has 31 heavy (non-hydrogen) atoms. The summed E-state index contributed by atoms with van der Waals surface area (Å²) in [4.78, 5) is 39.9. The molecular weight excluding hydrogens is 427 g/mol. The minimum absolute atomic E-state index is 0.0420. The van der Waals surface area contributed by atoms with E-state index in [2.05, 4.69) is 4.98 Å². The Morgan fingerprint density at radius 1 is 1.26 bits per heavy atom. The highest BCUT2D eigenvalue weighted by Crippen LogP contribution is 2.32. The third kappa shape index (κ3) is 4.26. The Hall–Kier alpha value is -2.97. The van der Waals surface area contributed by atoms with E-state index >= 15 is 0 Å². The van der Waals surface area contributed by atoms with E-state index in [1.54, 1.807) is 6.07 Å². The summed E-state index contributed by atoms with van der Waals surface area (Å²) < 4.78 is 15.7. The van der Waals surface area contributed by atoms with Crippen LogP contribution in [0, 0.1) is 11.2 Å². The molecule has 3 N–H and O–H groups in total. The number of hydrogen-bond acceptors (Lipinski definition) is 4. The molecule has 0 spiro atoms. The van der Waals surface area contributed by atoms with Gasteiger partial charge >= 0.3 is 5.97 Å². The highest BCUT2D eigenvalue weighted by Gasteiger charge is 2.29. The van der Waals surface area contributed by atoms with E-state index in [-0.39, 0.29) is 40.2 Å². The van der Waals surface area contributed by atoms with Crippen molar-refractivity contribution in [1.82, 2.24) is 9.55 Å². The maximum Gasteiger partial charge on any atom is 0.341 e. The van der Waals surface area contributed by atoms with Gasteiger partial charge in [0.25, 0.3) is 5.56 Å². The average molecular weight is 449 g/mol. The summed E-state index contributed by atoms with van der Waals surface area (Å²) in [6.45, 7) is 5.17. The summed E-state index contributed by atoms with van der Waals surface area (Å²) in [5.74, 6) is -2.10. The predicted octanol–water partition coefficient (Wildman–Crippen LogP) is 3.35. The minimum Gasteiger partial charge on any atom is -0.477 e. The minimum atomic E-state index is -1.43. The van der Waals surface area contributed by atoms with Gasteiger partial charge in [-0.15, -0.1) is 0 Å². The molecule has 1 aromatic carbocycles. The molecule has 0 aliphatic carbocycles. The Labute approximate surface area is 181 Å². The average Bonchev–Trinajstić information content (AvgIpc) is 2.67. The molecule has 0 amide bonds. The molecule has 2 aromatic heterocycles. The van der Waals surface area contributed by atoms with E-state index in [9.17, 15) is 29.0 Å². The van der Waals surface area contributed by atoms with Crippen LogP contribution in [0.4, 0.5) is 4.39 Å². The lowest BCUT2D eigenvalue weighted by atomic mass is 9.86. The summed E-state index contributed by atoms with van der Waals surface area (Å²) in [6, 6.07) is 5.04. The van der Waals surface area contributed by atoms with Crippen molar-refractivity contribution in [2.45, 2.75) is 33.2 Å². The van der Waals surface area contributed by atoms with Crippen molar-refractivity contribution in [2.24, 2.45) is 5.41 Å². The SMILES string of the molecule is CC(C)(C)C(CO)n1cc(C(=O)O)c(=O)c2cc(Cc3cccc(Cl)c3F)c(=O)[nH]c21. The van der Waals surface area contributed by atoms with E-state index in [4.69, 9.17) is 11.6 Å². The third-order valence-corrected chi connectivity index (χ3v) is 5.56. The number of nitrogens with zero attached hydrogens (tertiary/aromatic N) is 1. The van der Waals surface area contributed by atoms with E-state index in [1.807, 2.05) is 20.8 Å². The molecule has 0 aliphatic rings. The highest BCUT2D eigenvalue weighted by molar-refractivity contribution is 6.30. The van der Waals surface area contributed by atoms with E-state index in [0.29, 0.717) is 0 Å². The van der Waals surface area contributed by atoms with Crippen LogP contribution in [0.25, 0.3) is 11.0 Å². The number of aliphatic hydroxyl groups excluding tert-OH is 1. The number of hydrogen-bond donors (Lipinski definition) is 3. The number of aromatic nitrogens is 2. The first-order valence-corrected chi connectivity index (χ1v) is 9.91. The molecule has 1 unspecified atom stereocenters. The maximum absolute atomic E-state index is 14.3. The fraction of sp³-hybridized carbons (Fsp3) is 0.318. The number of benzene rings is 1. The summed E-state index contributed by atoms with van der Waals surface area (Å²) in [6.07, 6.45) is 0.989. The lowest BCUT2D eigenvalue weighted by Crippen LogP contribution is -2.32. The van der Waals surface area contributed by atoms with Crippen LogP contribution < -0.4 is 11.0 Å². The molecule has 0 radical (unpaired) electrons. The topological polar surface area (TPSA) is 112 Å². The number of H-pyrrole nitrogens is 1. The lowest BCUT2D eigenvalue weighted by molar-refractivity contribution is 0.0692. The monoisotopic (exact) mass is 448 g/mol. The van der Waals surface area contributed by atoms with E-state index in [0.717, 1.165) is 6.20 Å². The number of fused-ring (bicyclic) bond motifs is 1. The largest absolute Gasteiger partial charge is 0.477 e. The number of rotatable bonds is 5. The van der Waals surface area contributed by atoms with Crippen LogP contribution in [0.15, 0.2) is 40.1 Å². The molecule has 1 atom stereocenters. The van der Waals surface area contributed by atoms with Gasteiger partial charge < -0.3 is 19.8 Å². The molecule has 9 heteroatoms. The van der Waals surface area contributed by atoms with Crippen molar-refractivity contribution in [1.29, 1.82) is 0 Å². The maximum atomic E-state index is 14.3. The van der Waals surface area contributed by atoms with Crippen LogP contribution in [-0.2, 0) is 6.42 Å². The van der Waals surface area contributed by atoms with Crippen molar-refractivity contribution in [3.63, 3.8) is 0 Å². The summed E-state index contributed by atoms with van der Waals surface area (Å²) in [5.41, 5.74) is -2.04. The summed E-state index contributed by atoms with van der Waals surface area (Å²) in [5, 5.41) is 19.3. The molecule has 3 aromatic rings. The van der Waals surface area contributed by atoms with Crippen LogP contribution in [0.2, 0.25) is 5.02 Å². The van der Waals surface area contributed by atoms with Gasteiger partial charge in [-0.3, -0.25) is 9.59 Å². The predicted molar refractivity (Wildman–Crippen MR) is 116 cm³/mol. The van der Waals surface area contributed by atoms with Crippen molar-refractivity contribution in [2.75, 3.05) is 6.61 Å². The van der Waals surface area contributed by atoms with Crippen molar-refractivity contribution >= 4 is 28.6 Å². The Morgan fingerprint density at radius 2 is 1.94 bits per heavy atom. The van der Waals surface area contributed by atoms with E-state index in [1.165, 1.54) is 22.8 Å². The normalized spacial score (nSPS) is 12.8. The zero-order chi connectivity index (χ0) is 23.1. The first-order chi connectivity index (χ1) is 14.5. The van der Waals surface area contributed by atoms with Crippen LogP contribution in [-0.4, -0.2) is 32.3 Å². The standard InChI is InChI=1S/C22H22ClFN2O5/c1-22(2,3)16(10-27)26-9-14(21(30)31)18(28)13-8-12(20(29)25-19(13)26)7-11-5-4-6-15(23)17(11)24/h4-6,8-9,16,27H,7,10H2,1-3H3,(H,25,29)(H,30,31). The zero-order valence-electron chi connectivity index (χ0n) is 17.2. The zero-order valence-corrected chi connectivity index (χ0v) is 18.0. The van der Waals surface area contributed by atoms with Gasteiger partial charge in [0.15, 0.2) is 0 Å². The molecule has 0 aliphatic heterocycles. The number of carbonyl (C=O) groups is 1. The number of aromatic carboxylic acids is 1. The summed E-state index contributed by atoms with van der Waals surface area (Å²) in [7, 11) is 0. The van der Waals surface area contributed by atoms with E-state index < -0.39 is 39.8 Å². The number of aliphatic hydroxyl groups is 1. The molecule has 0 saturated carbocycles. The molecule has 0 saturated heterocycles. The number of nitrogens with one attached hydrogen (secondary N) is 1. The highest BCUT2D eigenvalue weighted by atomic mass is 35.5. The molecule has 3 rings (SSSR count). The Morgan fingerprint density at radius 3 is 2.52 bits per heavy atom. The number of aromatic amines is 1. The van der Waals surface area contributed by atoms with Gasteiger partial charge in [0.05, 0.1) is 23.1 Å². The second-order valence-corrected chi connectivity index (χ2v) is 8.83. The molecule has 7 nitrogen and oxygen atoms in total. The molecule has 2 heterocycles. The Balaban J connectivity index is 2.32. The quantitative estimate of drug-likeness (QED) is 0.554. The van der Waals surface area contributed by atoms with Gasteiger partial charge in [-0.05, 0) is 23.1 Å². The van der Waals surface area contributed by atoms with Crippen LogP contribution >= 0.6 is 11.6 Å². The van der Waals surface area contributed by atoms with Crippen molar-refractivity contribution in [3.05, 3.63) is 78.6 Å². The van der Waals surface area contributed by atoms with Gasteiger partial charge in [0.1, 0.15) is 17.0 Å². The van der Waals surface area contributed by atoms with Crippen LogP contribution in [0.3, 0.4) is 0 Å². The van der Waals surface area contributed by atoms with Crippen molar-refractivity contribution < 1.29 is 19.4 Å². The number of carboxylic acids is 1. The fourth-order valence-corrected chi connectivity index (χ4v) is 3.74. The number of carboxylic acid groups (broad SMARTS) is 1. The van der Waals surface area contributed by atoms with Gasteiger partial charge in [-0.25, -0.2) is 9.18 Å². The molecule has 0 fully saturated rings. The molecule has 0 bridgehead atoms. The smallest absolute Gasteiger partial charge is 0.341 e. The van der Waals surface area contributed by atoms with Crippen molar-refractivity contribution in [3.8, 4) is 0 Å².